The number of aromatic amines is 1. The zero-order valence-corrected chi connectivity index (χ0v) is 21.4. The third kappa shape index (κ3) is 5.39. The van der Waals surface area contributed by atoms with Crippen molar-refractivity contribution >= 4 is 11.8 Å². The molecule has 194 valence electrons. The molecular formula is C28H28N6O4. The van der Waals surface area contributed by atoms with Gasteiger partial charge in [0.2, 0.25) is 0 Å². The molecule has 0 bridgehead atoms. The lowest BCUT2D eigenvalue weighted by atomic mass is 9.86. The minimum Gasteiger partial charge on any atom is -0.347 e. The summed E-state index contributed by atoms with van der Waals surface area (Å²) in [6.07, 6.45) is 2.69. The Kier molecular flexibility index (Phi) is 6.62. The molecule has 0 aliphatic heterocycles. The molecule has 10 heteroatoms. The molecule has 5 rings (SSSR count). The summed E-state index contributed by atoms with van der Waals surface area (Å²) in [4.78, 5) is 47.7. The Bertz CT molecular complexity index is 1570. The number of fused-ring (bicyclic) bond motifs is 1. The van der Waals surface area contributed by atoms with Gasteiger partial charge in [-0.05, 0) is 46.6 Å². The van der Waals surface area contributed by atoms with Gasteiger partial charge in [0.1, 0.15) is 17.7 Å². The van der Waals surface area contributed by atoms with Crippen LogP contribution in [0.15, 0.2) is 64.2 Å². The summed E-state index contributed by atoms with van der Waals surface area (Å²) in [5.74, 6) is -1.02. The van der Waals surface area contributed by atoms with Gasteiger partial charge in [0.15, 0.2) is 5.82 Å². The lowest BCUT2D eigenvalue weighted by Crippen LogP contribution is -2.29. The number of nitrogens with one attached hydrogen (secondary N) is 3. The van der Waals surface area contributed by atoms with Gasteiger partial charge in [0.25, 0.3) is 11.8 Å². The van der Waals surface area contributed by atoms with Gasteiger partial charge in [-0.1, -0.05) is 62.3 Å². The van der Waals surface area contributed by atoms with Gasteiger partial charge in [-0.25, -0.2) is 14.8 Å². The molecule has 0 saturated carbocycles. The zero-order chi connectivity index (χ0) is 26.9. The van der Waals surface area contributed by atoms with Crippen molar-refractivity contribution < 1.29 is 14.1 Å². The van der Waals surface area contributed by atoms with Crippen molar-refractivity contribution in [3.63, 3.8) is 0 Å². The number of rotatable bonds is 6. The molecule has 0 unspecified atom stereocenters. The van der Waals surface area contributed by atoms with Gasteiger partial charge in [-0.2, -0.15) is 0 Å². The molecule has 4 aromatic rings. The monoisotopic (exact) mass is 512 g/mol. The predicted octanol–water partition coefficient (Wildman–Crippen LogP) is 3.46. The SMILES string of the molecule is CC(C)(C)c1cccc(CNC(=O)c2cc(C(=O)N[C@H]3CCc4cc(-c5noc(=O)[nH]5)ccc43)ncn2)c1. The first-order chi connectivity index (χ1) is 18.2. The number of amides is 2. The predicted molar refractivity (Wildman–Crippen MR) is 139 cm³/mol. The molecule has 0 radical (unpaired) electrons. The number of hydrogen-bond acceptors (Lipinski definition) is 7. The van der Waals surface area contributed by atoms with Crippen LogP contribution < -0.4 is 16.4 Å². The largest absolute Gasteiger partial charge is 0.439 e. The summed E-state index contributed by atoms with van der Waals surface area (Å²) in [6.45, 7) is 6.77. The number of hydrogen-bond donors (Lipinski definition) is 3. The minimum atomic E-state index is -0.613. The fourth-order valence-corrected chi connectivity index (χ4v) is 4.53. The van der Waals surface area contributed by atoms with E-state index in [0.717, 1.165) is 28.7 Å². The van der Waals surface area contributed by atoms with Gasteiger partial charge >= 0.3 is 5.76 Å². The molecule has 10 nitrogen and oxygen atoms in total. The minimum absolute atomic E-state index is 0.00833. The van der Waals surface area contributed by atoms with Crippen molar-refractivity contribution in [1.82, 2.24) is 30.7 Å². The molecule has 38 heavy (non-hydrogen) atoms. The first-order valence-corrected chi connectivity index (χ1v) is 12.4. The molecule has 0 saturated heterocycles. The van der Waals surface area contributed by atoms with E-state index in [-0.39, 0.29) is 34.7 Å². The second kappa shape index (κ2) is 10.0. The summed E-state index contributed by atoms with van der Waals surface area (Å²) in [5, 5.41) is 9.60. The highest BCUT2D eigenvalue weighted by Crippen LogP contribution is 2.33. The summed E-state index contributed by atoms with van der Waals surface area (Å²) in [5.41, 5.74) is 5.18. The van der Waals surface area contributed by atoms with Gasteiger partial charge in [0.05, 0.1) is 6.04 Å². The van der Waals surface area contributed by atoms with E-state index < -0.39 is 5.76 Å². The number of carbonyl (C=O) groups is 2. The maximum atomic E-state index is 13.0. The normalized spacial score (nSPS) is 14.7. The van der Waals surface area contributed by atoms with Crippen molar-refractivity contribution in [1.29, 1.82) is 0 Å². The number of nitrogens with zero attached hydrogens (tertiary/aromatic N) is 3. The molecule has 2 amide bonds. The van der Waals surface area contributed by atoms with Crippen molar-refractivity contribution in [3.05, 3.63) is 99.1 Å². The fourth-order valence-electron chi connectivity index (χ4n) is 4.53. The van der Waals surface area contributed by atoms with Crippen LogP contribution in [-0.2, 0) is 18.4 Å². The quantitative estimate of drug-likeness (QED) is 0.359. The highest BCUT2D eigenvalue weighted by Gasteiger charge is 2.26. The Balaban J connectivity index is 1.23. The van der Waals surface area contributed by atoms with Crippen molar-refractivity contribution in [2.24, 2.45) is 0 Å². The maximum absolute atomic E-state index is 13.0. The summed E-state index contributed by atoms with van der Waals surface area (Å²) in [6, 6.07) is 14.9. The molecule has 0 spiro atoms. The summed E-state index contributed by atoms with van der Waals surface area (Å²) in [7, 11) is 0. The average molecular weight is 513 g/mol. The van der Waals surface area contributed by atoms with E-state index in [4.69, 9.17) is 0 Å². The summed E-state index contributed by atoms with van der Waals surface area (Å²) >= 11 is 0. The highest BCUT2D eigenvalue weighted by molar-refractivity contribution is 5.97. The second-order valence-corrected chi connectivity index (χ2v) is 10.3. The Morgan fingerprint density at radius 2 is 1.84 bits per heavy atom. The molecule has 2 heterocycles. The van der Waals surface area contributed by atoms with E-state index >= 15 is 0 Å². The standard InChI is InChI=1S/C28H28N6O4/c1-28(2,3)19-6-4-5-16(11-19)14-29-25(35)22-13-23(31-15-30-22)26(36)32-21-10-8-17-12-18(7-9-20(17)21)24-33-27(37)38-34-24/h4-7,9,11-13,15,21H,8,10,14H2,1-3H3,(H,29,35)(H,32,36)(H,33,34,37)/t21-/m0/s1. The van der Waals surface area contributed by atoms with Crippen LogP contribution in [0.3, 0.4) is 0 Å². The van der Waals surface area contributed by atoms with Crippen LogP contribution in [0, 0.1) is 0 Å². The third-order valence-corrected chi connectivity index (χ3v) is 6.62. The van der Waals surface area contributed by atoms with Crippen LogP contribution in [0.25, 0.3) is 11.4 Å². The Labute approximate surface area is 218 Å². The van der Waals surface area contributed by atoms with Crippen molar-refractivity contribution in [2.45, 2.75) is 51.6 Å². The van der Waals surface area contributed by atoms with Gasteiger partial charge in [-0.15, -0.1) is 0 Å². The van der Waals surface area contributed by atoms with E-state index in [1.807, 2.05) is 30.3 Å². The number of aromatic nitrogens is 4. The second-order valence-electron chi connectivity index (χ2n) is 10.3. The third-order valence-electron chi connectivity index (χ3n) is 6.62. The number of H-pyrrole nitrogens is 1. The lowest BCUT2D eigenvalue weighted by Gasteiger charge is -2.19. The number of benzene rings is 2. The van der Waals surface area contributed by atoms with Crippen LogP contribution in [0.1, 0.15) is 76.5 Å². The van der Waals surface area contributed by atoms with Crippen molar-refractivity contribution in [2.75, 3.05) is 0 Å². The molecule has 3 N–H and O–H groups in total. The Morgan fingerprint density at radius 1 is 1.05 bits per heavy atom. The Hall–Kier alpha value is -4.60. The van der Waals surface area contributed by atoms with E-state index in [0.29, 0.717) is 18.8 Å². The highest BCUT2D eigenvalue weighted by atomic mass is 16.5. The van der Waals surface area contributed by atoms with Crippen LogP contribution >= 0.6 is 0 Å². The van der Waals surface area contributed by atoms with E-state index in [9.17, 15) is 14.4 Å². The van der Waals surface area contributed by atoms with Crippen LogP contribution in [0.2, 0.25) is 0 Å². The van der Waals surface area contributed by atoms with E-state index in [1.54, 1.807) is 0 Å². The molecular weight excluding hydrogens is 484 g/mol. The zero-order valence-electron chi connectivity index (χ0n) is 21.4. The number of aryl methyl sites for hydroxylation is 1. The van der Waals surface area contributed by atoms with Crippen LogP contribution in [0.4, 0.5) is 0 Å². The molecule has 0 fully saturated rings. The maximum Gasteiger partial charge on any atom is 0.439 e. The molecule has 1 aliphatic carbocycles. The molecule has 2 aromatic heterocycles. The fraction of sp³-hybridized carbons (Fsp3) is 0.286. The van der Waals surface area contributed by atoms with Gasteiger partial charge in [-0.3, -0.25) is 19.1 Å². The topological polar surface area (TPSA) is 143 Å². The lowest BCUT2D eigenvalue weighted by molar-refractivity contribution is 0.0931. The molecule has 1 aliphatic rings. The Morgan fingerprint density at radius 3 is 2.58 bits per heavy atom. The molecule has 1 atom stereocenters. The van der Waals surface area contributed by atoms with Gasteiger partial charge in [0, 0.05) is 18.2 Å². The number of carbonyl (C=O) groups excluding carboxylic acids is 2. The van der Waals surface area contributed by atoms with Crippen molar-refractivity contribution in [3.8, 4) is 11.4 Å². The average Bonchev–Trinajstić information content (AvgIpc) is 3.52. The van der Waals surface area contributed by atoms with E-state index in [2.05, 4.69) is 68.2 Å². The molecule has 2 aromatic carbocycles. The smallest absolute Gasteiger partial charge is 0.347 e. The van der Waals surface area contributed by atoms with E-state index in [1.165, 1.54) is 18.0 Å². The first kappa shape index (κ1) is 25.1. The van der Waals surface area contributed by atoms with Crippen LogP contribution in [-0.4, -0.2) is 31.9 Å². The summed E-state index contributed by atoms with van der Waals surface area (Å²) < 4.78 is 4.58. The van der Waals surface area contributed by atoms with Gasteiger partial charge < -0.3 is 10.6 Å². The van der Waals surface area contributed by atoms with Crippen LogP contribution in [0.5, 0.6) is 0 Å². The first-order valence-electron chi connectivity index (χ1n) is 12.4.